The topological polar surface area (TPSA) is 302 Å². The number of aliphatic hydroxyl groups excluding tert-OH is 5. The number of benzene rings is 2. The third-order valence-corrected chi connectivity index (χ3v) is 7.88. The fraction of sp³-hybridized carbons (Fsp3) is 0.452. The first-order valence-electron chi connectivity index (χ1n) is 14.9. The van der Waals surface area contributed by atoms with Gasteiger partial charge in [0.05, 0.1) is 6.61 Å². The zero-order valence-corrected chi connectivity index (χ0v) is 26.2. The van der Waals surface area contributed by atoms with Crippen molar-refractivity contribution in [2.24, 2.45) is 0 Å². The molecule has 272 valence electrons. The summed E-state index contributed by atoms with van der Waals surface area (Å²) in [5, 5.41) is 93.2. The maximum Gasteiger partial charge on any atom is 0.303 e. The number of aliphatic hydroxyl groups is 5. The van der Waals surface area contributed by atoms with Gasteiger partial charge in [0.1, 0.15) is 71.8 Å². The lowest BCUT2D eigenvalue weighted by Crippen LogP contribution is -2.63. The molecule has 19 heteroatoms. The fourth-order valence-corrected chi connectivity index (χ4v) is 5.38. The first-order chi connectivity index (χ1) is 23.6. The van der Waals surface area contributed by atoms with Gasteiger partial charge in [0, 0.05) is 31.5 Å². The van der Waals surface area contributed by atoms with Gasteiger partial charge >= 0.3 is 11.9 Å². The number of fused-ring (bicyclic) bond motifs is 1. The Morgan fingerprint density at radius 3 is 2.06 bits per heavy atom. The minimum absolute atomic E-state index is 0.0714. The van der Waals surface area contributed by atoms with E-state index in [1.54, 1.807) is 0 Å². The normalized spacial score (nSPS) is 29.7. The number of carbonyl (C=O) groups excluding carboxylic acids is 2. The highest BCUT2D eigenvalue weighted by Crippen LogP contribution is 2.39. The molecular formula is C31H34O19. The zero-order chi connectivity index (χ0) is 36.6. The van der Waals surface area contributed by atoms with E-state index in [2.05, 4.69) is 0 Å². The number of aromatic hydroxyl groups is 4. The van der Waals surface area contributed by atoms with Gasteiger partial charge in [-0.1, -0.05) is 0 Å². The molecule has 0 unspecified atom stereocenters. The Labute approximate surface area is 280 Å². The minimum Gasteiger partial charge on any atom is -0.508 e. The monoisotopic (exact) mass is 710 g/mol. The van der Waals surface area contributed by atoms with Crippen LogP contribution in [0.1, 0.15) is 13.8 Å². The van der Waals surface area contributed by atoms with Gasteiger partial charge in [0.25, 0.3) is 0 Å². The summed E-state index contributed by atoms with van der Waals surface area (Å²) in [4.78, 5) is 36.8. The van der Waals surface area contributed by atoms with E-state index in [1.165, 1.54) is 6.07 Å². The number of phenolic OH excluding ortho intramolecular Hbond substituents is 4. The summed E-state index contributed by atoms with van der Waals surface area (Å²) in [5.41, 5.74) is -1.47. The van der Waals surface area contributed by atoms with E-state index in [0.29, 0.717) is 0 Å². The Hall–Kier alpha value is -4.73. The number of esters is 2. The molecule has 2 fully saturated rings. The van der Waals surface area contributed by atoms with Crippen molar-refractivity contribution in [3.8, 4) is 40.1 Å². The third-order valence-electron chi connectivity index (χ3n) is 7.88. The molecule has 0 aliphatic carbocycles. The largest absolute Gasteiger partial charge is 0.508 e. The molecule has 10 atom stereocenters. The Kier molecular flexibility index (Phi) is 10.7. The summed E-state index contributed by atoms with van der Waals surface area (Å²) in [6.07, 6.45) is -17.7. The van der Waals surface area contributed by atoms with Crippen LogP contribution in [0.3, 0.4) is 0 Å². The summed E-state index contributed by atoms with van der Waals surface area (Å²) in [6, 6.07) is 5.11. The van der Waals surface area contributed by atoms with Crippen LogP contribution >= 0.6 is 0 Å². The van der Waals surface area contributed by atoms with Gasteiger partial charge in [-0.25, -0.2) is 0 Å². The number of ether oxygens (including phenoxy) is 6. The molecule has 2 aromatic carbocycles. The van der Waals surface area contributed by atoms with Gasteiger partial charge in [0.15, 0.2) is 29.7 Å². The molecule has 0 spiro atoms. The predicted octanol–water partition coefficient (Wildman–Crippen LogP) is -1.57. The van der Waals surface area contributed by atoms with Crippen molar-refractivity contribution in [1.29, 1.82) is 0 Å². The molecule has 19 nitrogen and oxygen atoms in total. The third kappa shape index (κ3) is 7.39. The maximum absolute atomic E-state index is 13.7. The van der Waals surface area contributed by atoms with Crippen molar-refractivity contribution in [3.63, 3.8) is 0 Å². The lowest BCUT2D eigenvalue weighted by atomic mass is 9.98. The lowest BCUT2D eigenvalue weighted by molar-refractivity contribution is -0.324. The average molecular weight is 711 g/mol. The van der Waals surface area contributed by atoms with Gasteiger partial charge in [-0.3, -0.25) is 14.4 Å². The highest BCUT2D eigenvalue weighted by atomic mass is 16.7. The quantitative estimate of drug-likeness (QED) is 0.0894. The minimum atomic E-state index is -2.05. The Balaban J connectivity index is 1.45. The van der Waals surface area contributed by atoms with Crippen LogP contribution in [-0.2, 0) is 33.3 Å². The van der Waals surface area contributed by atoms with Crippen LogP contribution in [0.2, 0.25) is 0 Å². The lowest BCUT2D eigenvalue weighted by Gasteiger charge is -2.43. The summed E-state index contributed by atoms with van der Waals surface area (Å²) >= 11 is 0. The van der Waals surface area contributed by atoms with E-state index in [4.69, 9.17) is 32.8 Å². The van der Waals surface area contributed by atoms with E-state index >= 15 is 0 Å². The van der Waals surface area contributed by atoms with Crippen LogP contribution in [0.4, 0.5) is 0 Å². The van der Waals surface area contributed by atoms with Crippen molar-refractivity contribution < 1.29 is 88.4 Å². The Bertz CT molecular complexity index is 1790. The van der Waals surface area contributed by atoms with Gasteiger partial charge < -0.3 is 78.8 Å². The Morgan fingerprint density at radius 1 is 0.740 bits per heavy atom. The van der Waals surface area contributed by atoms with Crippen molar-refractivity contribution in [1.82, 2.24) is 0 Å². The first-order valence-corrected chi connectivity index (χ1v) is 14.9. The van der Waals surface area contributed by atoms with Gasteiger partial charge in [-0.15, -0.1) is 0 Å². The van der Waals surface area contributed by atoms with E-state index < -0.39 is 132 Å². The molecule has 2 saturated heterocycles. The van der Waals surface area contributed by atoms with Crippen LogP contribution in [0.25, 0.3) is 22.3 Å². The molecule has 2 aliphatic heterocycles. The van der Waals surface area contributed by atoms with E-state index in [9.17, 15) is 60.3 Å². The van der Waals surface area contributed by atoms with E-state index in [-0.39, 0.29) is 11.1 Å². The molecule has 3 aromatic rings. The molecule has 9 N–H and O–H groups in total. The Morgan fingerprint density at radius 2 is 1.40 bits per heavy atom. The molecule has 0 radical (unpaired) electrons. The molecule has 5 rings (SSSR count). The summed E-state index contributed by atoms with van der Waals surface area (Å²) in [6.45, 7) is 0.832. The zero-order valence-electron chi connectivity index (χ0n) is 26.2. The second-order valence-electron chi connectivity index (χ2n) is 11.5. The molecule has 1 aromatic heterocycles. The van der Waals surface area contributed by atoms with Crippen LogP contribution in [-0.4, -0.2) is 133 Å². The maximum atomic E-state index is 13.7. The summed E-state index contributed by atoms with van der Waals surface area (Å²) in [7, 11) is 0. The van der Waals surface area contributed by atoms with Crippen molar-refractivity contribution >= 4 is 22.9 Å². The molecule has 2 aliphatic rings. The van der Waals surface area contributed by atoms with Crippen molar-refractivity contribution in [3.05, 3.63) is 40.6 Å². The van der Waals surface area contributed by atoms with Crippen molar-refractivity contribution in [2.45, 2.75) is 75.3 Å². The second-order valence-corrected chi connectivity index (χ2v) is 11.5. The molecule has 0 bridgehead atoms. The molecule has 50 heavy (non-hydrogen) atoms. The number of hydrogen-bond donors (Lipinski definition) is 9. The number of rotatable bonds is 9. The van der Waals surface area contributed by atoms with Gasteiger partial charge in [-0.2, -0.15) is 0 Å². The van der Waals surface area contributed by atoms with Gasteiger partial charge in [0.2, 0.25) is 17.5 Å². The highest BCUT2D eigenvalue weighted by Gasteiger charge is 2.50. The molecule has 0 saturated carbocycles. The SMILES string of the molecule is CC(=O)OC[C@H]1O[C@@H](OC[C@H]2O[C@@H](Oc3c(-c4ccc(O)c(O)c4)oc4cc(O)cc(O)c4c3=O)[C@H](O)[C@@H](O)[C@@H]2O)[C@H](OC(C)=O)[C@@H](O)[C@@H]1O. The molecule has 0 amide bonds. The number of hydrogen-bond acceptors (Lipinski definition) is 19. The average Bonchev–Trinajstić information content (AvgIpc) is 3.04. The van der Waals surface area contributed by atoms with Crippen LogP contribution in [0.15, 0.2) is 39.5 Å². The van der Waals surface area contributed by atoms with E-state index in [1.807, 2.05) is 0 Å². The second kappa shape index (κ2) is 14.6. The highest BCUT2D eigenvalue weighted by molar-refractivity contribution is 5.88. The number of phenols is 4. The number of carbonyl (C=O) groups is 2. The van der Waals surface area contributed by atoms with Crippen molar-refractivity contribution in [2.75, 3.05) is 13.2 Å². The van der Waals surface area contributed by atoms with E-state index in [0.717, 1.165) is 38.1 Å². The first kappa shape index (κ1) is 36.5. The predicted molar refractivity (Wildman–Crippen MR) is 161 cm³/mol. The summed E-state index contributed by atoms with van der Waals surface area (Å²) in [5.74, 6) is -5.18. The fourth-order valence-electron chi connectivity index (χ4n) is 5.38. The smallest absolute Gasteiger partial charge is 0.303 e. The van der Waals surface area contributed by atoms with Crippen LogP contribution in [0, 0.1) is 0 Å². The molecule has 3 heterocycles. The van der Waals surface area contributed by atoms with Crippen LogP contribution < -0.4 is 10.2 Å². The summed E-state index contributed by atoms with van der Waals surface area (Å²) < 4.78 is 38.3. The van der Waals surface area contributed by atoms with Gasteiger partial charge in [-0.05, 0) is 18.2 Å². The molecular weight excluding hydrogens is 676 g/mol. The van der Waals surface area contributed by atoms with Crippen LogP contribution in [0.5, 0.6) is 28.7 Å². The standard InChI is InChI=1S/C31H34O19/c1-10(32)44-8-18-22(39)25(42)29(46-11(2)33)31(49-18)45-9-19-21(38)24(41)26(43)30(48-19)50-28-23(40)20-16(37)6-13(34)7-17(20)47-27(28)12-3-4-14(35)15(36)5-12/h3-7,18-19,21-22,24-26,29-31,34-39,41-43H,8-9H2,1-2H3/t18-,19-,21-,22-,24+,25+,26-,29-,30+,31-/m1/s1.